The summed E-state index contributed by atoms with van der Waals surface area (Å²) in [6.45, 7) is 6.46. The van der Waals surface area contributed by atoms with Gasteiger partial charge in [-0.25, -0.2) is 0 Å². The highest BCUT2D eigenvalue weighted by atomic mass is 16.7. The number of anilines is 1. The molecule has 2 rings (SSSR count). The number of hydrogen-bond acceptors (Lipinski definition) is 7. The van der Waals surface area contributed by atoms with Gasteiger partial charge >= 0.3 is 0 Å². The molecule has 0 aromatic heterocycles. The van der Waals surface area contributed by atoms with Gasteiger partial charge in [-0.05, 0) is 11.0 Å². The Balaban J connectivity index is 2.44. The van der Waals surface area contributed by atoms with Gasteiger partial charge in [-0.2, -0.15) is 0 Å². The van der Waals surface area contributed by atoms with Crippen LogP contribution in [-0.2, 0) is 14.9 Å². The van der Waals surface area contributed by atoms with Gasteiger partial charge in [0.25, 0.3) is 11.4 Å². The largest absolute Gasteiger partial charge is 0.369 e. The summed E-state index contributed by atoms with van der Waals surface area (Å²) in [4.78, 5) is 21.5. The molecule has 23 heavy (non-hydrogen) atoms. The van der Waals surface area contributed by atoms with E-state index in [1.165, 1.54) is 12.1 Å². The van der Waals surface area contributed by atoms with Gasteiger partial charge in [-0.3, -0.25) is 20.2 Å². The zero-order valence-electron chi connectivity index (χ0n) is 13.2. The molecule has 1 fully saturated rings. The number of ether oxygens (including phenoxy) is 2. The second-order valence-electron chi connectivity index (χ2n) is 6.21. The molecule has 0 aliphatic carbocycles. The molecule has 1 aromatic carbocycles. The normalized spacial score (nSPS) is 15.6. The number of nitrogens with zero attached hydrogens (tertiary/aromatic N) is 2. The zero-order valence-corrected chi connectivity index (χ0v) is 13.2. The van der Waals surface area contributed by atoms with Crippen molar-refractivity contribution in [2.45, 2.75) is 32.5 Å². The first-order valence-corrected chi connectivity index (χ1v) is 7.14. The first kappa shape index (κ1) is 17.1. The van der Waals surface area contributed by atoms with E-state index in [-0.39, 0.29) is 23.6 Å². The lowest BCUT2D eigenvalue weighted by atomic mass is 9.86. The first-order valence-electron chi connectivity index (χ1n) is 7.14. The molecule has 0 amide bonds. The molecule has 9 heteroatoms. The minimum Gasteiger partial charge on any atom is -0.369 e. The summed E-state index contributed by atoms with van der Waals surface area (Å²) in [6, 6.07) is 2.73. The number of nitrogens with one attached hydrogen (secondary N) is 1. The van der Waals surface area contributed by atoms with Crippen molar-refractivity contribution in [1.29, 1.82) is 0 Å². The predicted octanol–water partition coefficient (Wildman–Crippen LogP) is 2.59. The topological polar surface area (TPSA) is 117 Å². The van der Waals surface area contributed by atoms with Crippen molar-refractivity contribution in [2.24, 2.45) is 0 Å². The van der Waals surface area contributed by atoms with Crippen molar-refractivity contribution < 1.29 is 19.3 Å². The Kier molecular flexibility index (Phi) is 4.81. The molecular formula is C14H19N3O6. The summed E-state index contributed by atoms with van der Waals surface area (Å²) < 4.78 is 10.5. The van der Waals surface area contributed by atoms with Crippen LogP contribution in [0.1, 0.15) is 26.3 Å². The maximum atomic E-state index is 11.4. The van der Waals surface area contributed by atoms with E-state index in [0.29, 0.717) is 18.8 Å². The Labute approximate surface area is 132 Å². The summed E-state index contributed by atoms with van der Waals surface area (Å²) in [5.41, 5.74) is -0.725. The van der Waals surface area contributed by atoms with E-state index >= 15 is 0 Å². The quantitative estimate of drug-likeness (QED) is 0.653. The second-order valence-corrected chi connectivity index (χ2v) is 6.21. The monoisotopic (exact) mass is 325 g/mol. The van der Waals surface area contributed by atoms with E-state index in [2.05, 4.69) is 5.32 Å². The molecule has 1 aromatic rings. The smallest absolute Gasteiger partial charge is 0.299 e. The lowest BCUT2D eigenvalue weighted by Gasteiger charge is -2.20. The maximum absolute atomic E-state index is 11.4. The fraction of sp³-hybridized carbons (Fsp3) is 0.571. The Morgan fingerprint density at radius 3 is 2.00 bits per heavy atom. The van der Waals surface area contributed by atoms with E-state index in [1.54, 1.807) is 0 Å². The fourth-order valence-electron chi connectivity index (χ4n) is 2.22. The molecule has 1 aliphatic rings. The molecule has 0 unspecified atom stereocenters. The zero-order chi connectivity index (χ0) is 17.2. The lowest BCUT2D eigenvalue weighted by molar-refractivity contribution is -0.392. The number of hydrogen-bond donors (Lipinski definition) is 1. The van der Waals surface area contributed by atoms with Crippen molar-refractivity contribution in [1.82, 2.24) is 0 Å². The van der Waals surface area contributed by atoms with Crippen molar-refractivity contribution in [3.8, 4) is 0 Å². The van der Waals surface area contributed by atoms with Crippen LogP contribution in [0.4, 0.5) is 17.1 Å². The highest BCUT2D eigenvalue weighted by molar-refractivity contribution is 5.75. The van der Waals surface area contributed by atoms with E-state index in [0.717, 1.165) is 0 Å². The number of rotatable bonds is 5. The van der Waals surface area contributed by atoms with Crippen LogP contribution in [0.25, 0.3) is 0 Å². The third-order valence-corrected chi connectivity index (χ3v) is 3.49. The number of nitro groups is 2. The van der Waals surface area contributed by atoms with Gasteiger partial charge in [-0.1, -0.05) is 20.8 Å². The van der Waals surface area contributed by atoms with Gasteiger partial charge in [0.1, 0.15) is 0 Å². The van der Waals surface area contributed by atoms with E-state index in [4.69, 9.17) is 9.47 Å². The molecule has 9 nitrogen and oxygen atoms in total. The molecule has 1 heterocycles. The molecule has 126 valence electrons. The summed E-state index contributed by atoms with van der Waals surface area (Å²) in [5.74, 6) is 0. The predicted molar refractivity (Wildman–Crippen MR) is 82.6 cm³/mol. The third-order valence-electron chi connectivity index (χ3n) is 3.49. The second kappa shape index (κ2) is 6.47. The molecule has 0 saturated carbocycles. The van der Waals surface area contributed by atoms with Gasteiger partial charge in [0, 0.05) is 12.1 Å². The molecule has 1 aliphatic heterocycles. The van der Waals surface area contributed by atoms with Crippen LogP contribution < -0.4 is 5.32 Å². The highest BCUT2D eigenvalue weighted by Crippen LogP contribution is 2.39. The van der Waals surface area contributed by atoms with Crippen molar-refractivity contribution >= 4 is 17.1 Å². The van der Waals surface area contributed by atoms with E-state index < -0.39 is 21.6 Å². The van der Waals surface area contributed by atoms with E-state index in [1.807, 2.05) is 20.8 Å². The summed E-state index contributed by atoms with van der Waals surface area (Å²) >= 11 is 0. The minimum atomic E-state index is -0.624. The molecule has 1 saturated heterocycles. The minimum absolute atomic E-state index is 0.0938. The molecule has 0 bridgehead atoms. The summed E-state index contributed by atoms with van der Waals surface area (Å²) in [5, 5.41) is 25.4. The Hall–Kier alpha value is -2.26. The van der Waals surface area contributed by atoms with Crippen LogP contribution in [0, 0.1) is 20.2 Å². The average molecular weight is 325 g/mol. The molecule has 1 N–H and O–H groups in total. The van der Waals surface area contributed by atoms with E-state index in [9.17, 15) is 20.2 Å². The van der Waals surface area contributed by atoms with Gasteiger partial charge in [0.15, 0.2) is 12.0 Å². The molecule has 0 radical (unpaired) electrons. The third kappa shape index (κ3) is 3.93. The fourth-order valence-corrected chi connectivity index (χ4v) is 2.22. The Morgan fingerprint density at radius 2 is 1.61 bits per heavy atom. The van der Waals surface area contributed by atoms with Crippen LogP contribution in [0.5, 0.6) is 0 Å². The average Bonchev–Trinajstić information content (AvgIpc) is 2.96. The number of benzene rings is 1. The Morgan fingerprint density at radius 1 is 1.13 bits per heavy atom. The van der Waals surface area contributed by atoms with Gasteiger partial charge < -0.3 is 14.8 Å². The first-order chi connectivity index (χ1) is 10.7. The van der Waals surface area contributed by atoms with Crippen LogP contribution in [0.3, 0.4) is 0 Å². The summed E-state index contributed by atoms with van der Waals surface area (Å²) in [7, 11) is 0. The van der Waals surface area contributed by atoms with Gasteiger partial charge in [-0.15, -0.1) is 0 Å². The molecular weight excluding hydrogens is 306 g/mol. The van der Waals surface area contributed by atoms with Crippen LogP contribution in [0.2, 0.25) is 0 Å². The molecule has 0 spiro atoms. The van der Waals surface area contributed by atoms with Crippen LogP contribution in [-0.4, -0.2) is 35.9 Å². The maximum Gasteiger partial charge on any atom is 0.299 e. The van der Waals surface area contributed by atoms with Crippen molar-refractivity contribution in [3.63, 3.8) is 0 Å². The van der Waals surface area contributed by atoms with Crippen LogP contribution in [0.15, 0.2) is 12.1 Å². The molecule has 0 atom stereocenters. The SMILES string of the molecule is CC(C)(C)c1cc([N+](=O)[O-])c(NCC2OCCO2)c([N+](=O)[O-])c1. The van der Waals surface area contributed by atoms with Crippen molar-refractivity contribution in [2.75, 3.05) is 25.1 Å². The Bertz CT molecular complexity index is 584. The number of nitro benzene ring substituents is 2. The van der Waals surface area contributed by atoms with Gasteiger partial charge in [0.05, 0.1) is 29.6 Å². The summed E-state index contributed by atoms with van der Waals surface area (Å²) in [6.07, 6.45) is -0.573. The van der Waals surface area contributed by atoms with Crippen LogP contribution >= 0.6 is 0 Å². The lowest BCUT2D eigenvalue weighted by Crippen LogP contribution is -2.21. The highest BCUT2D eigenvalue weighted by Gasteiger charge is 2.30. The standard InChI is InChI=1S/C14H19N3O6/c1-14(2,3)9-6-10(16(18)19)13(11(7-9)17(20)21)15-8-12-22-4-5-23-12/h6-7,12,15H,4-5,8H2,1-3H3. The van der Waals surface area contributed by atoms with Gasteiger partial charge in [0.2, 0.25) is 0 Å². The van der Waals surface area contributed by atoms with Crippen molar-refractivity contribution in [3.05, 3.63) is 37.9 Å².